The first-order valence-corrected chi connectivity index (χ1v) is 14.8. The van der Waals surface area contributed by atoms with Crippen molar-refractivity contribution in [3.05, 3.63) is 127 Å². The Bertz CT molecular complexity index is 1250. The van der Waals surface area contributed by atoms with Gasteiger partial charge in [0.05, 0.1) is 0 Å². The molecule has 0 aromatic heterocycles. The molecule has 3 heterocycles. The van der Waals surface area contributed by atoms with Gasteiger partial charge in [0, 0.05) is 35.7 Å². The van der Waals surface area contributed by atoms with E-state index < -0.39 is 0 Å². The van der Waals surface area contributed by atoms with Crippen LogP contribution in [0.1, 0.15) is 16.7 Å². The van der Waals surface area contributed by atoms with Gasteiger partial charge < -0.3 is 29.1 Å². The van der Waals surface area contributed by atoms with Gasteiger partial charge in [-0.15, -0.1) is 37.9 Å². The highest BCUT2D eigenvalue weighted by molar-refractivity contribution is 7.81. The van der Waals surface area contributed by atoms with E-state index in [1.807, 2.05) is 0 Å². The topological polar surface area (TPSA) is 19.4 Å². The number of nitrogens with zero attached hydrogens (tertiary/aromatic N) is 6. The lowest BCUT2D eigenvalue weighted by molar-refractivity contribution is 0.385. The van der Waals surface area contributed by atoms with Crippen LogP contribution in [0.3, 0.4) is 0 Å². The average Bonchev–Trinajstić information content (AvgIpc) is 3.64. The summed E-state index contributed by atoms with van der Waals surface area (Å²) in [6.07, 6.45) is 12.6. The molecule has 6 nitrogen and oxygen atoms in total. The number of hydrogen-bond acceptors (Lipinski definition) is 9. The Morgan fingerprint density at radius 1 is 0.425 bits per heavy atom. The smallest absolute Gasteiger partial charge is 0.195 e. The zero-order valence-electron chi connectivity index (χ0n) is 22.7. The minimum atomic E-state index is -0.266. The first kappa shape index (κ1) is 27.0. The Kier molecular flexibility index (Phi) is 7.42. The molecular formula is C30H33BN6S3-. The van der Waals surface area contributed by atoms with Crippen LogP contribution in [0.25, 0.3) is 0 Å². The molecule has 10 heteroatoms. The normalized spacial score (nSPS) is 22.1. The van der Waals surface area contributed by atoms with Crippen LogP contribution in [-0.2, 0) is 0 Å². The molecule has 3 aromatic carbocycles. The monoisotopic (exact) mass is 584 g/mol. The van der Waals surface area contributed by atoms with E-state index >= 15 is 0 Å². The zero-order valence-corrected chi connectivity index (χ0v) is 25.4. The van der Waals surface area contributed by atoms with Crippen LogP contribution in [0, 0.1) is 20.8 Å². The van der Waals surface area contributed by atoms with Crippen molar-refractivity contribution >= 4 is 62.1 Å². The highest BCUT2D eigenvalue weighted by atomic mass is 32.1. The van der Waals surface area contributed by atoms with Gasteiger partial charge >= 0.3 is 0 Å². The number of hydrogen-bond donors (Lipinski definition) is 3. The molecule has 0 fully saturated rings. The average molecular weight is 585 g/mol. The standard InChI is InChI=1S/C30H33BN6S3/c1-22-4-10-25(11-5-22)32-16-19-35(28(32)38)31(36-20-17-33(29(36)39)26-12-6-23(2)7-13-26)37-21-18-34(30(37)40)27-14-8-24(3)9-15-27/h4-21,28-30,38-40H,1-3H3/q-1. The molecule has 0 amide bonds. The molecule has 6 rings (SSSR count). The summed E-state index contributed by atoms with van der Waals surface area (Å²) in [7, 11) is -0.266. The summed E-state index contributed by atoms with van der Waals surface area (Å²) in [5, 5.41) is 0. The van der Waals surface area contributed by atoms with Gasteiger partial charge in [0.1, 0.15) is 16.5 Å². The van der Waals surface area contributed by atoms with Crippen molar-refractivity contribution in [1.29, 1.82) is 0 Å². The van der Waals surface area contributed by atoms with E-state index in [1.54, 1.807) is 0 Å². The summed E-state index contributed by atoms with van der Waals surface area (Å²) in [5.41, 5.74) is 6.23. The van der Waals surface area contributed by atoms with Gasteiger partial charge in [0.25, 0.3) is 0 Å². The van der Waals surface area contributed by atoms with Gasteiger partial charge in [-0.2, -0.15) is 0 Å². The number of rotatable bonds is 6. The van der Waals surface area contributed by atoms with Crippen molar-refractivity contribution in [1.82, 2.24) is 14.4 Å². The van der Waals surface area contributed by atoms with Crippen LogP contribution >= 0.6 is 37.9 Å². The van der Waals surface area contributed by atoms with Crippen LogP contribution in [-0.4, -0.2) is 38.0 Å². The lowest BCUT2D eigenvalue weighted by Crippen LogP contribution is -2.64. The Labute approximate surface area is 254 Å². The summed E-state index contributed by atoms with van der Waals surface area (Å²) >= 11 is 15.4. The molecule has 3 aromatic rings. The predicted octanol–water partition coefficient (Wildman–Crippen LogP) is 6.42. The maximum absolute atomic E-state index is 5.12. The van der Waals surface area contributed by atoms with Gasteiger partial charge in [-0.1, -0.05) is 53.1 Å². The van der Waals surface area contributed by atoms with E-state index in [1.165, 1.54) is 16.7 Å². The fourth-order valence-corrected chi connectivity index (χ4v) is 6.42. The molecule has 3 aliphatic heterocycles. The summed E-state index contributed by atoms with van der Waals surface area (Å²) in [5.74, 6) is 0. The molecule has 0 N–H and O–H groups in total. The third-order valence-electron chi connectivity index (χ3n) is 7.54. The number of thiol groups is 3. The molecule has 1 radical (unpaired) electrons. The van der Waals surface area contributed by atoms with E-state index in [0.29, 0.717) is 0 Å². The number of anilines is 3. The zero-order chi connectivity index (χ0) is 28.0. The fraction of sp³-hybridized carbons (Fsp3) is 0.200. The molecule has 3 aliphatic rings. The van der Waals surface area contributed by atoms with Gasteiger partial charge in [-0.05, 0) is 75.8 Å². The Morgan fingerprint density at radius 2 is 0.675 bits per heavy atom. The molecule has 0 bridgehead atoms. The molecule has 40 heavy (non-hydrogen) atoms. The maximum atomic E-state index is 5.12. The summed E-state index contributed by atoms with van der Waals surface area (Å²) in [6.45, 7) is 6.30. The Morgan fingerprint density at radius 3 is 0.925 bits per heavy atom. The lowest BCUT2D eigenvalue weighted by Gasteiger charge is -2.57. The largest absolute Gasteiger partial charge is 0.509 e. The minimum Gasteiger partial charge on any atom is -0.509 e. The second-order valence-corrected chi connectivity index (χ2v) is 11.7. The molecule has 0 saturated carbocycles. The highest BCUT2D eigenvalue weighted by Gasteiger charge is 2.37. The fourth-order valence-electron chi connectivity index (χ4n) is 5.20. The van der Waals surface area contributed by atoms with Crippen molar-refractivity contribution in [3.8, 4) is 0 Å². The van der Waals surface area contributed by atoms with Crippen molar-refractivity contribution < 1.29 is 0 Å². The summed E-state index contributed by atoms with van der Waals surface area (Å²) < 4.78 is 0. The molecule has 205 valence electrons. The van der Waals surface area contributed by atoms with Crippen molar-refractivity contribution in [2.24, 2.45) is 0 Å². The second-order valence-electron chi connectivity index (χ2n) is 10.4. The predicted molar refractivity (Wildman–Crippen MR) is 178 cm³/mol. The second kappa shape index (κ2) is 11.0. The van der Waals surface area contributed by atoms with Crippen LogP contribution in [0.15, 0.2) is 110 Å². The van der Waals surface area contributed by atoms with Crippen molar-refractivity contribution in [3.63, 3.8) is 0 Å². The van der Waals surface area contributed by atoms with E-state index in [0.717, 1.165) is 17.1 Å². The molecule has 0 spiro atoms. The van der Waals surface area contributed by atoms with Crippen LogP contribution < -0.4 is 14.7 Å². The molecule has 0 aliphatic carbocycles. The first-order valence-electron chi connectivity index (χ1n) is 13.3. The third kappa shape index (κ3) is 4.93. The van der Waals surface area contributed by atoms with Gasteiger partial charge in [-0.25, -0.2) is 0 Å². The van der Waals surface area contributed by atoms with Gasteiger partial charge in [0.2, 0.25) is 0 Å². The SMILES string of the molecule is Cc1ccc(N2C=CN([B-](N3C=CN(c4ccc(C)cc4)C3S)N3C=CN(c4ccc(C)cc4)C3S)C2S)cc1. The van der Waals surface area contributed by atoms with E-state index in [9.17, 15) is 0 Å². The number of aryl methyl sites for hydroxylation is 3. The highest BCUT2D eigenvalue weighted by Crippen LogP contribution is 2.37. The molecular weight excluding hydrogens is 551 g/mol. The lowest BCUT2D eigenvalue weighted by atomic mass is 9.85. The van der Waals surface area contributed by atoms with Crippen LogP contribution in [0.4, 0.5) is 17.1 Å². The van der Waals surface area contributed by atoms with Gasteiger partial charge in [0.15, 0.2) is 7.12 Å². The van der Waals surface area contributed by atoms with Crippen LogP contribution in [0.5, 0.6) is 0 Å². The van der Waals surface area contributed by atoms with Crippen molar-refractivity contribution in [2.45, 2.75) is 37.3 Å². The third-order valence-corrected chi connectivity index (χ3v) is 9.09. The number of benzene rings is 3. The maximum Gasteiger partial charge on any atom is 0.195 e. The Hall–Kier alpha value is -3.21. The van der Waals surface area contributed by atoms with E-state index in [-0.39, 0.29) is 23.6 Å². The quantitative estimate of drug-likeness (QED) is 0.228. The molecule has 0 saturated heterocycles. The summed E-state index contributed by atoms with van der Waals surface area (Å²) in [4.78, 5) is 13.2. The summed E-state index contributed by atoms with van der Waals surface area (Å²) in [6, 6.07) is 25.6. The minimum absolute atomic E-state index is 0.238. The Balaban J connectivity index is 1.32. The van der Waals surface area contributed by atoms with E-state index in [2.05, 4.69) is 160 Å². The molecule has 3 unspecified atom stereocenters. The van der Waals surface area contributed by atoms with E-state index in [4.69, 9.17) is 37.9 Å². The van der Waals surface area contributed by atoms with Crippen molar-refractivity contribution in [2.75, 3.05) is 14.7 Å². The first-order chi connectivity index (χ1) is 19.3. The van der Waals surface area contributed by atoms with Gasteiger partial charge in [-0.3, -0.25) is 0 Å². The molecule has 3 atom stereocenters. The van der Waals surface area contributed by atoms with Crippen LogP contribution in [0.2, 0.25) is 0 Å².